The average molecular weight is 272 g/mol. The first-order chi connectivity index (χ1) is 9.24. The molecular weight excluding hydrogens is 240 g/mol. The minimum Gasteiger partial charge on any atom is -0.0617 e. The van der Waals surface area contributed by atoms with Gasteiger partial charge in [-0.3, -0.25) is 0 Å². The molecule has 0 saturated heterocycles. The summed E-state index contributed by atoms with van der Waals surface area (Å²) in [5, 5.41) is 0. The van der Waals surface area contributed by atoms with Crippen LogP contribution in [0.25, 0.3) is 0 Å². The standard InChI is InChI=1S/C20H32/c1-10-16-14-9-13-11-7-8-12(15(13)14)17(11)19(16,5)20(10,6)18(2,3)4/h10-17H,7-9H2,1-6H3. The minimum atomic E-state index is 0.455. The lowest BCUT2D eigenvalue weighted by molar-refractivity contribution is -0.313. The molecular formula is C20H32. The maximum Gasteiger partial charge on any atom is -0.0189 e. The Balaban J connectivity index is 1.69. The molecule has 5 fully saturated rings. The summed E-state index contributed by atoms with van der Waals surface area (Å²) >= 11 is 0. The van der Waals surface area contributed by atoms with Gasteiger partial charge in [0.2, 0.25) is 0 Å². The zero-order valence-corrected chi connectivity index (χ0v) is 14.2. The van der Waals surface area contributed by atoms with Crippen molar-refractivity contribution in [1.29, 1.82) is 0 Å². The largest absolute Gasteiger partial charge is 0.0617 e. The third kappa shape index (κ3) is 0.877. The van der Waals surface area contributed by atoms with Crippen LogP contribution in [-0.2, 0) is 0 Å². The van der Waals surface area contributed by atoms with Gasteiger partial charge in [-0.05, 0) is 82.9 Å². The fourth-order valence-corrected chi connectivity index (χ4v) is 9.59. The van der Waals surface area contributed by atoms with Crippen LogP contribution in [0.2, 0.25) is 0 Å². The number of hydrogen-bond donors (Lipinski definition) is 0. The van der Waals surface area contributed by atoms with Gasteiger partial charge in [-0.25, -0.2) is 0 Å². The summed E-state index contributed by atoms with van der Waals surface area (Å²) < 4.78 is 0. The summed E-state index contributed by atoms with van der Waals surface area (Å²) in [5.74, 6) is 8.86. The van der Waals surface area contributed by atoms with Crippen molar-refractivity contribution < 1.29 is 0 Å². The molecule has 0 aromatic rings. The first-order valence-corrected chi connectivity index (χ1v) is 9.24. The number of fused-ring (bicyclic) bond motifs is 3. The maximum atomic E-state index is 2.75. The van der Waals surface area contributed by atoms with Crippen molar-refractivity contribution in [1.82, 2.24) is 0 Å². The molecule has 5 saturated carbocycles. The SMILES string of the molecule is CC1C2C3CC4C5CCC(C43)C5C2(C)C1(C)C(C)(C)C. The van der Waals surface area contributed by atoms with Gasteiger partial charge in [0.05, 0.1) is 0 Å². The third-order valence-corrected chi connectivity index (χ3v) is 10.3. The van der Waals surface area contributed by atoms with Crippen molar-refractivity contribution in [2.45, 2.75) is 60.8 Å². The first-order valence-electron chi connectivity index (χ1n) is 9.24. The van der Waals surface area contributed by atoms with Crippen LogP contribution in [0.3, 0.4) is 0 Å². The van der Waals surface area contributed by atoms with Gasteiger partial charge in [0.1, 0.15) is 0 Å². The van der Waals surface area contributed by atoms with E-state index in [1.54, 1.807) is 19.3 Å². The van der Waals surface area contributed by atoms with Gasteiger partial charge in [0.25, 0.3) is 0 Å². The molecule has 0 radical (unpaired) electrons. The Morgan fingerprint density at radius 1 is 0.850 bits per heavy atom. The van der Waals surface area contributed by atoms with Gasteiger partial charge >= 0.3 is 0 Å². The fraction of sp³-hybridized carbons (Fsp3) is 1.00. The van der Waals surface area contributed by atoms with Gasteiger partial charge in [0, 0.05) is 0 Å². The summed E-state index contributed by atoms with van der Waals surface area (Å²) in [7, 11) is 0. The highest BCUT2D eigenvalue weighted by atomic mass is 14.9. The highest BCUT2D eigenvalue weighted by Crippen LogP contribution is 2.88. The van der Waals surface area contributed by atoms with E-state index in [0.29, 0.717) is 16.2 Å². The minimum absolute atomic E-state index is 0.455. The Morgan fingerprint density at radius 3 is 2.15 bits per heavy atom. The Bertz CT molecular complexity index is 479. The quantitative estimate of drug-likeness (QED) is 0.566. The third-order valence-electron chi connectivity index (χ3n) is 10.3. The molecule has 0 spiro atoms. The molecule has 0 N–H and O–H groups in total. The van der Waals surface area contributed by atoms with Gasteiger partial charge in [-0.1, -0.05) is 41.5 Å². The highest BCUT2D eigenvalue weighted by Gasteiger charge is 2.83. The van der Waals surface area contributed by atoms with Crippen LogP contribution >= 0.6 is 0 Å². The summed E-state index contributed by atoms with van der Waals surface area (Å²) in [5.41, 5.74) is 1.67. The Labute approximate surface area is 125 Å². The van der Waals surface area contributed by atoms with E-state index < -0.39 is 0 Å². The predicted octanol–water partition coefficient (Wildman–Crippen LogP) is 5.23. The molecule has 5 aliphatic carbocycles. The van der Waals surface area contributed by atoms with Crippen LogP contribution in [0, 0.1) is 63.6 Å². The molecule has 5 rings (SSSR count). The molecule has 10 atom stereocenters. The lowest BCUT2D eigenvalue weighted by Crippen LogP contribution is -2.74. The fourth-order valence-electron chi connectivity index (χ4n) is 9.59. The van der Waals surface area contributed by atoms with Gasteiger partial charge in [-0.15, -0.1) is 0 Å². The van der Waals surface area contributed by atoms with E-state index in [-0.39, 0.29) is 0 Å². The molecule has 0 aromatic heterocycles. The van der Waals surface area contributed by atoms with E-state index in [1.165, 1.54) is 11.8 Å². The zero-order valence-electron chi connectivity index (χ0n) is 14.2. The zero-order chi connectivity index (χ0) is 14.2. The normalized spacial score (nSPS) is 69.3. The molecule has 5 aliphatic rings. The van der Waals surface area contributed by atoms with Crippen LogP contribution in [0.5, 0.6) is 0 Å². The number of hydrogen-bond acceptors (Lipinski definition) is 0. The van der Waals surface area contributed by atoms with E-state index in [1.807, 2.05) is 0 Å². The number of rotatable bonds is 0. The Hall–Kier alpha value is 0. The first kappa shape index (κ1) is 12.5. The molecule has 0 heteroatoms. The second-order valence-electron chi connectivity index (χ2n) is 10.6. The second kappa shape index (κ2) is 3.04. The monoisotopic (exact) mass is 272 g/mol. The maximum absolute atomic E-state index is 2.75. The molecule has 112 valence electrons. The second-order valence-corrected chi connectivity index (χ2v) is 10.6. The van der Waals surface area contributed by atoms with Crippen LogP contribution in [0.15, 0.2) is 0 Å². The molecule has 20 heavy (non-hydrogen) atoms. The Kier molecular flexibility index (Phi) is 1.91. The summed E-state index contributed by atoms with van der Waals surface area (Å²) in [6, 6.07) is 0. The van der Waals surface area contributed by atoms with E-state index >= 15 is 0 Å². The van der Waals surface area contributed by atoms with Crippen molar-refractivity contribution in [3.05, 3.63) is 0 Å². The molecule has 0 aliphatic heterocycles. The van der Waals surface area contributed by atoms with E-state index in [2.05, 4.69) is 41.5 Å². The van der Waals surface area contributed by atoms with Crippen molar-refractivity contribution in [2.75, 3.05) is 0 Å². The van der Waals surface area contributed by atoms with Gasteiger partial charge < -0.3 is 0 Å². The van der Waals surface area contributed by atoms with Crippen LogP contribution in [0.4, 0.5) is 0 Å². The Morgan fingerprint density at radius 2 is 1.50 bits per heavy atom. The topological polar surface area (TPSA) is 0 Å². The molecule has 4 bridgehead atoms. The van der Waals surface area contributed by atoms with Gasteiger partial charge in [0.15, 0.2) is 0 Å². The molecule has 10 unspecified atom stereocenters. The van der Waals surface area contributed by atoms with Crippen molar-refractivity contribution >= 4 is 0 Å². The average Bonchev–Trinajstić information content (AvgIpc) is 2.78. The van der Waals surface area contributed by atoms with E-state index in [9.17, 15) is 0 Å². The van der Waals surface area contributed by atoms with Gasteiger partial charge in [-0.2, -0.15) is 0 Å². The molecule has 0 amide bonds. The summed E-state index contributed by atoms with van der Waals surface area (Å²) in [6.45, 7) is 15.6. The molecule has 0 heterocycles. The van der Waals surface area contributed by atoms with Crippen LogP contribution in [0.1, 0.15) is 60.8 Å². The smallest absolute Gasteiger partial charge is 0.0189 e. The van der Waals surface area contributed by atoms with Crippen molar-refractivity contribution in [3.8, 4) is 0 Å². The summed E-state index contributed by atoms with van der Waals surface area (Å²) in [6.07, 6.45) is 4.79. The molecule has 0 nitrogen and oxygen atoms in total. The van der Waals surface area contributed by atoms with E-state index in [4.69, 9.17) is 0 Å². The van der Waals surface area contributed by atoms with E-state index in [0.717, 1.165) is 35.5 Å². The lowest BCUT2D eigenvalue weighted by Gasteiger charge is -2.78. The van der Waals surface area contributed by atoms with Crippen LogP contribution < -0.4 is 0 Å². The van der Waals surface area contributed by atoms with Crippen molar-refractivity contribution in [3.63, 3.8) is 0 Å². The van der Waals surface area contributed by atoms with Crippen LogP contribution in [-0.4, -0.2) is 0 Å². The lowest BCUT2D eigenvalue weighted by atomic mass is 9.26. The molecule has 0 aromatic carbocycles. The van der Waals surface area contributed by atoms with Crippen molar-refractivity contribution in [2.24, 2.45) is 63.6 Å². The summed E-state index contributed by atoms with van der Waals surface area (Å²) in [4.78, 5) is 0. The predicted molar refractivity (Wildman–Crippen MR) is 83.1 cm³/mol. The highest BCUT2D eigenvalue weighted by molar-refractivity contribution is 5.30.